The summed E-state index contributed by atoms with van der Waals surface area (Å²) >= 11 is 0. The lowest BCUT2D eigenvalue weighted by Crippen LogP contribution is -2.46. The molecule has 1 amide bonds. The van der Waals surface area contributed by atoms with Crippen LogP contribution in [0.3, 0.4) is 0 Å². The molecule has 3 N–H and O–H groups in total. The Bertz CT molecular complexity index is 772. The zero-order valence-corrected chi connectivity index (χ0v) is 15.6. The van der Waals surface area contributed by atoms with Crippen LogP contribution < -0.4 is 10.1 Å². The molecule has 1 aliphatic heterocycles. The molecule has 1 aliphatic rings. The van der Waals surface area contributed by atoms with E-state index in [0.717, 1.165) is 0 Å². The maximum absolute atomic E-state index is 13.6. The van der Waals surface area contributed by atoms with Crippen molar-refractivity contribution in [3.8, 4) is 11.5 Å². The van der Waals surface area contributed by atoms with Gasteiger partial charge in [-0.05, 0) is 62.3 Å². The lowest BCUT2D eigenvalue weighted by atomic mass is 9.95. The van der Waals surface area contributed by atoms with Gasteiger partial charge in [-0.25, -0.2) is 4.39 Å². The lowest BCUT2D eigenvalue weighted by molar-refractivity contribution is -0.121. The summed E-state index contributed by atoms with van der Waals surface area (Å²) in [7, 11) is 0. The van der Waals surface area contributed by atoms with Gasteiger partial charge < -0.3 is 20.3 Å². The molecule has 1 saturated heterocycles. The Morgan fingerprint density at radius 3 is 2.36 bits per heavy atom. The minimum Gasteiger partial charge on any atom is -0.454 e. The minimum absolute atomic E-state index is 0.0491. The summed E-state index contributed by atoms with van der Waals surface area (Å²) in [5.74, 6) is 0.0389. The molecule has 0 aliphatic carbocycles. The number of carbonyl (C=O) groups excluding carboxylic acids is 1. The molecule has 7 heteroatoms. The maximum Gasteiger partial charge on any atom is 0.227 e. The predicted molar refractivity (Wildman–Crippen MR) is 104 cm³/mol. The second-order valence-corrected chi connectivity index (χ2v) is 6.88. The molecular weight excluding hydrogens is 363 g/mol. The standard InChI is InChI=1S/C21H25FN2O4/c22-19-3-1-2-4-20(19)28-18-7-5-16(6-8-18)23-21(27)15-9-11-24(12-10-15)17(13-25)14-26/h1-8,15,17,25-26H,9-14H2,(H,23,27). The largest absolute Gasteiger partial charge is 0.454 e. The fraction of sp³-hybridized carbons (Fsp3) is 0.381. The zero-order chi connectivity index (χ0) is 19.9. The first-order valence-electron chi connectivity index (χ1n) is 9.39. The van der Waals surface area contributed by atoms with Gasteiger partial charge in [0.05, 0.1) is 19.3 Å². The van der Waals surface area contributed by atoms with Crippen molar-refractivity contribution >= 4 is 11.6 Å². The van der Waals surface area contributed by atoms with Gasteiger partial charge in [-0.3, -0.25) is 9.69 Å². The number of piperidine rings is 1. The topological polar surface area (TPSA) is 82.0 Å². The summed E-state index contributed by atoms with van der Waals surface area (Å²) in [4.78, 5) is 14.5. The van der Waals surface area contributed by atoms with Crippen LogP contribution in [-0.4, -0.2) is 53.4 Å². The molecule has 2 aromatic rings. The summed E-state index contributed by atoms with van der Waals surface area (Å²) in [6.45, 7) is 1.15. The van der Waals surface area contributed by atoms with Crippen molar-refractivity contribution < 1.29 is 24.1 Å². The van der Waals surface area contributed by atoms with Gasteiger partial charge in [-0.1, -0.05) is 12.1 Å². The van der Waals surface area contributed by atoms with E-state index in [9.17, 15) is 19.4 Å². The second kappa shape index (κ2) is 9.64. The van der Waals surface area contributed by atoms with Crippen LogP contribution in [0.2, 0.25) is 0 Å². The first kappa shape index (κ1) is 20.3. The Morgan fingerprint density at radius 1 is 1.11 bits per heavy atom. The number of para-hydroxylation sites is 1. The number of halogens is 1. The molecule has 0 aromatic heterocycles. The van der Waals surface area contributed by atoms with Crippen molar-refractivity contribution in [3.63, 3.8) is 0 Å². The smallest absolute Gasteiger partial charge is 0.227 e. The number of aliphatic hydroxyl groups excluding tert-OH is 2. The first-order valence-corrected chi connectivity index (χ1v) is 9.39. The molecule has 150 valence electrons. The quantitative estimate of drug-likeness (QED) is 0.679. The Labute approximate surface area is 163 Å². The van der Waals surface area contributed by atoms with Crippen molar-refractivity contribution in [2.45, 2.75) is 18.9 Å². The first-order chi connectivity index (χ1) is 13.6. The number of nitrogens with zero attached hydrogens (tertiary/aromatic N) is 1. The van der Waals surface area contributed by atoms with E-state index in [-0.39, 0.29) is 36.8 Å². The number of anilines is 1. The number of nitrogens with one attached hydrogen (secondary N) is 1. The van der Waals surface area contributed by atoms with E-state index >= 15 is 0 Å². The molecule has 28 heavy (non-hydrogen) atoms. The minimum atomic E-state index is -0.434. The highest BCUT2D eigenvalue weighted by Crippen LogP contribution is 2.26. The normalized spacial score (nSPS) is 15.6. The van der Waals surface area contributed by atoms with Crippen LogP contribution >= 0.6 is 0 Å². The molecule has 0 unspecified atom stereocenters. The molecule has 1 fully saturated rings. The Hall–Kier alpha value is -2.48. The summed E-state index contributed by atoms with van der Waals surface area (Å²) < 4.78 is 19.1. The third-order valence-electron chi connectivity index (χ3n) is 5.02. The highest BCUT2D eigenvalue weighted by Gasteiger charge is 2.28. The molecule has 0 bridgehead atoms. The highest BCUT2D eigenvalue weighted by molar-refractivity contribution is 5.92. The van der Waals surface area contributed by atoms with E-state index < -0.39 is 5.82 Å². The van der Waals surface area contributed by atoms with Crippen molar-refractivity contribution in [1.82, 2.24) is 4.90 Å². The van der Waals surface area contributed by atoms with Gasteiger partial charge in [-0.15, -0.1) is 0 Å². The number of rotatable bonds is 7. The van der Waals surface area contributed by atoms with Gasteiger partial charge in [0.25, 0.3) is 0 Å². The number of ether oxygens (including phenoxy) is 1. The zero-order valence-electron chi connectivity index (χ0n) is 15.6. The van der Waals surface area contributed by atoms with Crippen molar-refractivity contribution in [1.29, 1.82) is 0 Å². The molecule has 6 nitrogen and oxygen atoms in total. The fourth-order valence-corrected chi connectivity index (χ4v) is 3.32. The van der Waals surface area contributed by atoms with Crippen molar-refractivity contribution in [3.05, 3.63) is 54.3 Å². The molecule has 0 saturated carbocycles. The molecule has 0 atom stereocenters. The average molecular weight is 388 g/mol. The second-order valence-electron chi connectivity index (χ2n) is 6.88. The van der Waals surface area contributed by atoms with Gasteiger partial charge >= 0.3 is 0 Å². The number of amides is 1. The number of hydrogen-bond donors (Lipinski definition) is 3. The fourth-order valence-electron chi connectivity index (χ4n) is 3.32. The van der Waals surface area contributed by atoms with E-state index in [1.54, 1.807) is 42.5 Å². The SMILES string of the molecule is O=C(Nc1ccc(Oc2ccccc2F)cc1)C1CCN(C(CO)CO)CC1. The molecule has 3 rings (SSSR count). The third kappa shape index (κ3) is 5.07. The predicted octanol–water partition coefficient (Wildman–Crippen LogP) is 2.62. The number of benzene rings is 2. The van der Waals surface area contributed by atoms with Gasteiger partial charge in [0.15, 0.2) is 11.6 Å². The van der Waals surface area contributed by atoms with Gasteiger partial charge in [0, 0.05) is 11.6 Å². The molecule has 0 radical (unpaired) electrons. The van der Waals surface area contributed by atoms with E-state index in [1.165, 1.54) is 6.07 Å². The van der Waals surface area contributed by atoms with Crippen LogP contribution in [-0.2, 0) is 4.79 Å². The highest BCUT2D eigenvalue weighted by atomic mass is 19.1. The Morgan fingerprint density at radius 2 is 1.75 bits per heavy atom. The molecule has 0 spiro atoms. The summed E-state index contributed by atoms with van der Waals surface area (Å²) in [5, 5.41) is 21.4. The monoisotopic (exact) mass is 388 g/mol. The van der Waals surface area contributed by atoms with E-state index in [0.29, 0.717) is 37.4 Å². The van der Waals surface area contributed by atoms with E-state index in [4.69, 9.17) is 4.74 Å². The van der Waals surface area contributed by atoms with Crippen molar-refractivity contribution in [2.24, 2.45) is 5.92 Å². The molecule has 1 heterocycles. The molecular formula is C21H25FN2O4. The number of likely N-dealkylation sites (tertiary alicyclic amines) is 1. The van der Waals surface area contributed by atoms with Crippen LogP contribution in [0.4, 0.5) is 10.1 Å². The van der Waals surface area contributed by atoms with E-state index in [2.05, 4.69) is 5.32 Å². The summed E-state index contributed by atoms with van der Waals surface area (Å²) in [5.41, 5.74) is 0.650. The Kier molecular flexibility index (Phi) is 6.97. The maximum atomic E-state index is 13.6. The van der Waals surface area contributed by atoms with Crippen LogP contribution in [0.15, 0.2) is 48.5 Å². The summed E-state index contributed by atoms with van der Waals surface area (Å²) in [6, 6.07) is 12.7. The van der Waals surface area contributed by atoms with Crippen LogP contribution in [0, 0.1) is 11.7 Å². The lowest BCUT2D eigenvalue weighted by Gasteiger charge is -2.35. The van der Waals surface area contributed by atoms with Crippen LogP contribution in [0.1, 0.15) is 12.8 Å². The average Bonchev–Trinajstić information content (AvgIpc) is 2.72. The number of aliphatic hydroxyl groups is 2. The third-order valence-corrected chi connectivity index (χ3v) is 5.02. The van der Waals surface area contributed by atoms with Gasteiger partial charge in [-0.2, -0.15) is 0 Å². The number of hydrogen-bond acceptors (Lipinski definition) is 5. The molecule has 2 aromatic carbocycles. The Balaban J connectivity index is 1.52. The van der Waals surface area contributed by atoms with E-state index in [1.807, 2.05) is 4.90 Å². The van der Waals surface area contributed by atoms with Gasteiger partial charge in [0.2, 0.25) is 5.91 Å². The van der Waals surface area contributed by atoms with Gasteiger partial charge in [0.1, 0.15) is 5.75 Å². The van der Waals surface area contributed by atoms with Crippen LogP contribution in [0.25, 0.3) is 0 Å². The number of carbonyl (C=O) groups is 1. The van der Waals surface area contributed by atoms with Crippen molar-refractivity contribution in [2.75, 3.05) is 31.6 Å². The summed E-state index contributed by atoms with van der Waals surface area (Å²) in [6.07, 6.45) is 1.35. The van der Waals surface area contributed by atoms with Crippen LogP contribution in [0.5, 0.6) is 11.5 Å².